The van der Waals surface area contributed by atoms with Gasteiger partial charge in [0.25, 0.3) is 0 Å². The number of hydrogen-bond acceptors (Lipinski definition) is 5. The summed E-state index contributed by atoms with van der Waals surface area (Å²) >= 11 is 0. The summed E-state index contributed by atoms with van der Waals surface area (Å²) in [5.41, 5.74) is 2.73. The van der Waals surface area contributed by atoms with E-state index in [0.29, 0.717) is 11.3 Å². The van der Waals surface area contributed by atoms with E-state index in [0.717, 1.165) is 42.7 Å². The fourth-order valence-electron chi connectivity index (χ4n) is 3.36. The van der Waals surface area contributed by atoms with E-state index in [1.807, 2.05) is 12.1 Å². The van der Waals surface area contributed by atoms with Crippen LogP contribution in [0, 0.1) is 17.1 Å². The highest BCUT2D eigenvalue weighted by molar-refractivity contribution is 5.80. The maximum atomic E-state index is 13.3. The van der Waals surface area contributed by atoms with Gasteiger partial charge in [-0.1, -0.05) is 5.16 Å². The van der Waals surface area contributed by atoms with Gasteiger partial charge < -0.3 is 9.42 Å². The first kappa shape index (κ1) is 14.6. The van der Waals surface area contributed by atoms with E-state index in [1.54, 1.807) is 12.3 Å². The van der Waals surface area contributed by atoms with Gasteiger partial charge in [0.05, 0.1) is 11.4 Å². The van der Waals surface area contributed by atoms with E-state index in [2.05, 4.69) is 21.1 Å². The number of halogens is 1. The van der Waals surface area contributed by atoms with Crippen LogP contribution in [-0.4, -0.2) is 23.2 Å². The summed E-state index contributed by atoms with van der Waals surface area (Å²) < 4.78 is 18.5. The minimum Gasteiger partial charge on any atom is -0.369 e. The van der Waals surface area contributed by atoms with Gasteiger partial charge in [-0.15, -0.1) is 0 Å². The van der Waals surface area contributed by atoms with Gasteiger partial charge in [0, 0.05) is 36.7 Å². The van der Waals surface area contributed by atoms with E-state index in [4.69, 9.17) is 4.52 Å². The van der Waals surface area contributed by atoms with Gasteiger partial charge in [0.2, 0.25) is 0 Å². The number of anilines is 1. The van der Waals surface area contributed by atoms with Crippen molar-refractivity contribution in [2.24, 2.45) is 0 Å². The molecule has 2 aromatic heterocycles. The lowest BCUT2D eigenvalue weighted by Crippen LogP contribution is -2.33. The second-order valence-corrected chi connectivity index (χ2v) is 5.95. The van der Waals surface area contributed by atoms with E-state index in [-0.39, 0.29) is 11.7 Å². The van der Waals surface area contributed by atoms with Crippen LogP contribution < -0.4 is 4.90 Å². The first-order valence-corrected chi connectivity index (χ1v) is 7.91. The van der Waals surface area contributed by atoms with Crippen LogP contribution in [0.25, 0.3) is 11.0 Å². The lowest BCUT2D eigenvalue weighted by Gasteiger charge is -2.33. The van der Waals surface area contributed by atoms with E-state index >= 15 is 0 Å². The van der Waals surface area contributed by atoms with Gasteiger partial charge in [-0.25, -0.2) is 9.37 Å². The van der Waals surface area contributed by atoms with Crippen molar-refractivity contribution >= 4 is 16.7 Å². The van der Waals surface area contributed by atoms with Gasteiger partial charge in [-0.2, -0.15) is 5.26 Å². The first-order valence-electron chi connectivity index (χ1n) is 7.91. The zero-order chi connectivity index (χ0) is 16.5. The minimum atomic E-state index is -0.319. The third-order valence-corrected chi connectivity index (χ3v) is 4.58. The van der Waals surface area contributed by atoms with E-state index in [9.17, 15) is 9.65 Å². The number of aromatic nitrogens is 2. The van der Waals surface area contributed by atoms with Crippen molar-refractivity contribution in [1.29, 1.82) is 5.26 Å². The molecule has 1 aromatic carbocycles. The number of rotatable bonds is 2. The Morgan fingerprint density at radius 2 is 2.08 bits per heavy atom. The molecule has 5 nitrogen and oxygen atoms in total. The average Bonchev–Trinajstić information content (AvgIpc) is 3.04. The van der Waals surface area contributed by atoms with Crippen LogP contribution >= 0.6 is 0 Å². The molecule has 0 radical (unpaired) electrons. The summed E-state index contributed by atoms with van der Waals surface area (Å²) in [7, 11) is 0. The van der Waals surface area contributed by atoms with Crippen LogP contribution in [0.5, 0.6) is 0 Å². The van der Waals surface area contributed by atoms with Gasteiger partial charge in [-0.3, -0.25) is 0 Å². The smallest absolute Gasteiger partial charge is 0.170 e. The summed E-state index contributed by atoms with van der Waals surface area (Å²) in [6.45, 7) is 1.64. The molecule has 1 aliphatic rings. The summed E-state index contributed by atoms with van der Waals surface area (Å²) in [5, 5.41) is 14.2. The van der Waals surface area contributed by atoms with Crippen molar-refractivity contribution in [1.82, 2.24) is 10.1 Å². The van der Waals surface area contributed by atoms with Gasteiger partial charge in [0.15, 0.2) is 11.3 Å². The second-order valence-electron chi connectivity index (χ2n) is 5.95. The number of benzene rings is 1. The van der Waals surface area contributed by atoms with Crippen LogP contribution in [0.4, 0.5) is 10.1 Å². The molecular formula is C18H15FN4O. The lowest BCUT2D eigenvalue weighted by molar-refractivity contribution is 0.416. The average molecular weight is 322 g/mol. The number of fused-ring (bicyclic) bond motifs is 1. The number of piperidine rings is 1. The minimum absolute atomic E-state index is 0.273. The van der Waals surface area contributed by atoms with E-state index < -0.39 is 0 Å². The Hall–Kier alpha value is -2.94. The predicted octanol–water partition coefficient (Wildman–Crippen LogP) is 3.62. The zero-order valence-electron chi connectivity index (χ0n) is 12.9. The molecule has 3 aromatic rings. The van der Waals surface area contributed by atoms with Crippen molar-refractivity contribution in [3.8, 4) is 6.07 Å². The zero-order valence-corrected chi connectivity index (χ0v) is 12.9. The number of hydrogen-bond donors (Lipinski definition) is 0. The van der Waals surface area contributed by atoms with Crippen molar-refractivity contribution in [3.05, 3.63) is 53.7 Å². The highest BCUT2D eigenvalue weighted by Crippen LogP contribution is 2.34. The molecule has 1 aliphatic heterocycles. The lowest BCUT2D eigenvalue weighted by atomic mass is 9.91. The summed E-state index contributed by atoms with van der Waals surface area (Å²) in [5.74, 6) is -0.0456. The molecule has 0 aliphatic carbocycles. The molecule has 1 fully saturated rings. The number of nitrogens with zero attached hydrogens (tertiary/aromatic N) is 4. The standard InChI is InChI=1S/C18H15FN4O/c19-13-3-4-14-17(10-13)24-22-18(14)12-5-8-23(9-6-12)16-2-1-7-21-15(16)11-20/h1-4,7,10,12H,5-6,8-9H2. The molecule has 0 N–H and O–H groups in total. The molecular weight excluding hydrogens is 307 g/mol. The Morgan fingerprint density at radius 3 is 2.88 bits per heavy atom. The number of nitriles is 1. The fraction of sp³-hybridized carbons (Fsp3) is 0.278. The van der Waals surface area contributed by atoms with Crippen LogP contribution in [0.15, 0.2) is 41.1 Å². The molecule has 0 amide bonds. The third kappa shape index (κ3) is 2.48. The Kier molecular flexibility index (Phi) is 3.62. The van der Waals surface area contributed by atoms with Crippen molar-refractivity contribution in [2.45, 2.75) is 18.8 Å². The van der Waals surface area contributed by atoms with Crippen molar-refractivity contribution < 1.29 is 8.91 Å². The predicted molar refractivity (Wildman–Crippen MR) is 87.1 cm³/mol. The summed E-state index contributed by atoms with van der Waals surface area (Å²) in [6, 6.07) is 10.5. The Morgan fingerprint density at radius 1 is 1.25 bits per heavy atom. The molecule has 1 saturated heterocycles. The maximum Gasteiger partial charge on any atom is 0.170 e. The molecule has 120 valence electrons. The second kappa shape index (κ2) is 5.93. The Bertz CT molecular complexity index is 922. The maximum absolute atomic E-state index is 13.3. The Labute approximate surface area is 138 Å². The quantitative estimate of drug-likeness (QED) is 0.721. The molecule has 6 heteroatoms. The normalized spacial score (nSPS) is 15.6. The van der Waals surface area contributed by atoms with Gasteiger partial charge >= 0.3 is 0 Å². The Balaban J connectivity index is 1.54. The first-order chi connectivity index (χ1) is 11.8. The highest BCUT2D eigenvalue weighted by atomic mass is 19.1. The molecule has 0 bridgehead atoms. The molecule has 4 rings (SSSR count). The number of pyridine rings is 1. The largest absolute Gasteiger partial charge is 0.369 e. The summed E-state index contributed by atoms with van der Waals surface area (Å²) in [4.78, 5) is 6.31. The van der Waals surface area contributed by atoms with Crippen molar-refractivity contribution in [2.75, 3.05) is 18.0 Å². The van der Waals surface area contributed by atoms with E-state index in [1.165, 1.54) is 12.1 Å². The molecule has 24 heavy (non-hydrogen) atoms. The van der Waals surface area contributed by atoms with Crippen LogP contribution in [-0.2, 0) is 0 Å². The molecule has 0 unspecified atom stereocenters. The van der Waals surface area contributed by atoms with Crippen LogP contribution in [0.1, 0.15) is 30.1 Å². The molecule has 0 atom stereocenters. The van der Waals surface area contributed by atoms with Crippen LogP contribution in [0.3, 0.4) is 0 Å². The summed E-state index contributed by atoms with van der Waals surface area (Å²) in [6.07, 6.45) is 3.44. The molecule has 0 saturated carbocycles. The van der Waals surface area contributed by atoms with Crippen molar-refractivity contribution in [3.63, 3.8) is 0 Å². The highest BCUT2D eigenvalue weighted by Gasteiger charge is 2.26. The fourth-order valence-corrected chi connectivity index (χ4v) is 3.36. The molecule has 3 heterocycles. The SMILES string of the molecule is N#Cc1ncccc1N1CCC(c2noc3cc(F)ccc23)CC1. The topological polar surface area (TPSA) is 66.0 Å². The van der Waals surface area contributed by atoms with Crippen LogP contribution in [0.2, 0.25) is 0 Å². The third-order valence-electron chi connectivity index (χ3n) is 4.58. The molecule has 0 spiro atoms. The van der Waals surface area contributed by atoms with Gasteiger partial charge in [-0.05, 0) is 37.1 Å². The monoisotopic (exact) mass is 322 g/mol. The van der Waals surface area contributed by atoms with Gasteiger partial charge in [0.1, 0.15) is 11.9 Å².